The van der Waals surface area contributed by atoms with E-state index in [0.717, 1.165) is 16.0 Å². The van der Waals surface area contributed by atoms with Gasteiger partial charge in [-0.3, -0.25) is 4.90 Å². The predicted molar refractivity (Wildman–Crippen MR) is 85.5 cm³/mol. The van der Waals surface area contributed by atoms with Gasteiger partial charge in [-0.1, -0.05) is 51.8 Å². The minimum Gasteiger partial charge on any atom is -0.295 e. The maximum absolute atomic E-state index is 5.92. The SMILES string of the molecule is CC(c1ccc(Cl)cc1)N(C)Cc1ccc(Br)cc1. The molecule has 0 fully saturated rings. The number of nitrogens with zero attached hydrogens (tertiary/aromatic N) is 1. The van der Waals surface area contributed by atoms with E-state index in [0.29, 0.717) is 6.04 Å². The number of halogens is 2. The molecule has 100 valence electrons. The van der Waals surface area contributed by atoms with Gasteiger partial charge in [-0.05, 0) is 49.4 Å². The molecule has 0 saturated heterocycles. The van der Waals surface area contributed by atoms with Gasteiger partial charge in [0, 0.05) is 22.1 Å². The molecule has 0 heterocycles. The van der Waals surface area contributed by atoms with Crippen LogP contribution >= 0.6 is 27.5 Å². The third kappa shape index (κ3) is 4.07. The summed E-state index contributed by atoms with van der Waals surface area (Å²) < 4.78 is 1.12. The van der Waals surface area contributed by atoms with Crippen molar-refractivity contribution in [3.8, 4) is 0 Å². The van der Waals surface area contributed by atoms with Crippen molar-refractivity contribution in [2.45, 2.75) is 19.5 Å². The van der Waals surface area contributed by atoms with Gasteiger partial charge in [-0.15, -0.1) is 0 Å². The van der Waals surface area contributed by atoms with E-state index in [2.05, 4.69) is 71.2 Å². The lowest BCUT2D eigenvalue weighted by atomic mass is 10.1. The molecule has 2 aromatic carbocycles. The van der Waals surface area contributed by atoms with E-state index in [-0.39, 0.29) is 0 Å². The first-order valence-electron chi connectivity index (χ1n) is 6.26. The van der Waals surface area contributed by atoms with E-state index in [1.54, 1.807) is 0 Å². The summed E-state index contributed by atoms with van der Waals surface area (Å²) in [5.41, 5.74) is 2.59. The van der Waals surface area contributed by atoms with Crippen LogP contribution in [0.3, 0.4) is 0 Å². The number of hydrogen-bond acceptors (Lipinski definition) is 1. The van der Waals surface area contributed by atoms with Crippen molar-refractivity contribution < 1.29 is 0 Å². The lowest BCUT2D eigenvalue weighted by Gasteiger charge is -2.25. The van der Waals surface area contributed by atoms with Crippen LogP contribution in [0.2, 0.25) is 5.02 Å². The molecule has 1 atom stereocenters. The van der Waals surface area contributed by atoms with Crippen LogP contribution in [0.25, 0.3) is 0 Å². The van der Waals surface area contributed by atoms with E-state index in [4.69, 9.17) is 11.6 Å². The fourth-order valence-electron chi connectivity index (χ4n) is 2.01. The maximum Gasteiger partial charge on any atom is 0.0406 e. The Labute approximate surface area is 128 Å². The normalized spacial score (nSPS) is 12.7. The molecule has 3 heteroatoms. The van der Waals surface area contributed by atoms with Gasteiger partial charge in [0.1, 0.15) is 0 Å². The molecule has 2 rings (SSSR count). The van der Waals surface area contributed by atoms with Crippen molar-refractivity contribution in [2.24, 2.45) is 0 Å². The van der Waals surface area contributed by atoms with E-state index in [9.17, 15) is 0 Å². The number of hydrogen-bond donors (Lipinski definition) is 0. The molecular weight excluding hydrogens is 322 g/mol. The fraction of sp³-hybridized carbons (Fsp3) is 0.250. The molecular formula is C16H17BrClN. The molecule has 0 aliphatic rings. The lowest BCUT2D eigenvalue weighted by Crippen LogP contribution is -2.21. The second-order valence-corrected chi connectivity index (χ2v) is 6.12. The Morgan fingerprint density at radius 2 is 1.63 bits per heavy atom. The van der Waals surface area contributed by atoms with Crippen molar-refractivity contribution >= 4 is 27.5 Å². The van der Waals surface area contributed by atoms with Gasteiger partial charge < -0.3 is 0 Å². The summed E-state index contributed by atoms with van der Waals surface area (Å²) in [5, 5.41) is 0.784. The van der Waals surface area contributed by atoms with Crippen molar-refractivity contribution in [3.05, 3.63) is 69.2 Å². The number of benzene rings is 2. The molecule has 19 heavy (non-hydrogen) atoms. The van der Waals surface area contributed by atoms with Crippen molar-refractivity contribution in [1.29, 1.82) is 0 Å². The minimum atomic E-state index is 0.362. The van der Waals surface area contributed by atoms with Crippen LogP contribution in [0.15, 0.2) is 53.0 Å². The maximum atomic E-state index is 5.92. The van der Waals surface area contributed by atoms with Gasteiger partial charge in [-0.2, -0.15) is 0 Å². The minimum absolute atomic E-state index is 0.362. The van der Waals surface area contributed by atoms with E-state index in [1.165, 1.54) is 11.1 Å². The highest BCUT2D eigenvalue weighted by Gasteiger charge is 2.11. The number of rotatable bonds is 4. The molecule has 1 unspecified atom stereocenters. The zero-order valence-electron chi connectivity index (χ0n) is 11.1. The Kier molecular flexibility index (Phi) is 5.03. The van der Waals surface area contributed by atoms with Gasteiger partial charge in [0.05, 0.1) is 0 Å². The Bertz CT molecular complexity index is 521. The predicted octanol–water partition coefficient (Wildman–Crippen LogP) is 5.30. The first-order valence-corrected chi connectivity index (χ1v) is 7.43. The quantitative estimate of drug-likeness (QED) is 0.731. The highest BCUT2D eigenvalue weighted by atomic mass is 79.9. The third-order valence-electron chi connectivity index (χ3n) is 3.36. The second-order valence-electron chi connectivity index (χ2n) is 4.77. The largest absolute Gasteiger partial charge is 0.295 e. The van der Waals surface area contributed by atoms with Gasteiger partial charge >= 0.3 is 0 Å². The summed E-state index contributed by atoms with van der Waals surface area (Å²) in [6, 6.07) is 16.9. The van der Waals surface area contributed by atoms with Crippen LogP contribution in [0, 0.1) is 0 Å². The monoisotopic (exact) mass is 337 g/mol. The summed E-state index contributed by atoms with van der Waals surface area (Å²) in [6.45, 7) is 3.14. The fourth-order valence-corrected chi connectivity index (χ4v) is 2.40. The standard InChI is InChI=1S/C16H17BrClN/c1-12(14-5-9-16(18)10-6-14)19(2)11-13-3-7-15(17)8-4-13/h3-10,12H,11H2,1-2H3. The summed E-state index contributed by atoms with van der Waals surface area (Å²) in [7, 11) is 2.14. The van der Waals surface area contributed by atoms with Gasteiger partial charge in [0.15, 0.2) is 0 Å². The molecule has 0 saturated carbocycles. The van der Waals surface area contributed by atoms with Gasteiger partial charge in [-0.25, -0.2) is 0 Å². The summed E-state index contributed by atoms with van der Waals surface area (Å²) in [4.78, 5) is 2.33. The van der Waals surface area contributed by atoms with E-state index in [1.807, 2.05) is 12.1 Å². The summed E-state index contributed by atoms with van der Waals surface area (Å²) in [5.74, 6) is 0. The molecule has 0 bridgehead atoms. The summed E-state index contributed by atoms with van der Waals surface area (Å²) >= 11 is 9.38. The summed E-state index contributed by atoms with van der Waals surface area (Å²) in [6.07, 6.45) is 0. The zero-order chi connectivity index (χ0) is 13.8. The molecule has 0 aliphatic heterocycles. The highest BCUT2D eigenvalue weighted by Crippen LogP contribution is 2.22. The first kappa shape index (κ1) is 14.6. The van der Waals surface area contributed by atoms with Crippen LogP contribution in [0.1, 0.15) is 24.1 Å². The Morgan fingerprint density at radius 1 is 1.05 bits per heavy atom. The zero-order valence-corrected chi connectivity index (χ0v) is 13.4. The Morgan fingerprint density at radius 3 is 2.21 bits per heavy atom. The van der Waals surface area contributed by atoms with Crippen molar-refractivity contribution in [1.82, 2.24) is 4.90 Å². The van der Waals surface area contributed by atoms with Crippen LogP contribution in [0.5, 0.6) is 0 Å². The van der Waals surface area contributed by atoms with E-state index >= 15 is 0 Å². The molecule has 0 aromatic heterocycles. The highest BCUT2D eigenvalue weighted by molar-refractivity contribution is 9.10. The molecule has 1 nitrogen and oxygen atoms in total. The topological polar surface area (TPSA) is 3.24 Å². The first-order chi connectivity index (χ1) is 9.06. The Balaban J connectivity index is 2.04. The van der Waals surface area contributed by atoms with Crippen LogP contribution in [-0.4, -0.2) is 11.9 Å². The smallest absolute Gasteiger partial charge is 0.0406 e. The lowest BCUT2D eigenvalue weighted by molar-refractivity contribution is 0.253. The molecule has 0 spiro atoms. The molecule has 0 amide bonds. The molecule has 0 aliphatic carbocycles. The molecule has 0 N–H and O–H groups in total. The van der Waals surface area contributed by atoms with Crippen molar-refractivity contribution in [2.75, 3.05) is 7.05 Å². The average Bonchev–Trinajstić information content (AvgIpc) is 2.41. The average molecular weight is 339 g/mol. The van der Waals surface area contributed by atoms with Crippen molar-refractivity contribution in [3.63, 3.8) is 0 Å². The second kappa shape index (κ2) is 6.56. The van der Waals surface area contributed by atoms with E-state index < -0.39 is 0 Å². The van der Waals surface area contributed by atoms with Gasteiger partial charge in [0.25, 0.3) is 0 Å². The van der Waals surface area contributed by atoms with Crippen LogP contribution < -0.4 is 0 Å². The van der Waals surface area contributed by atoms with Crippen LogP contribution in [-0.2, 0) is 6.54 Å². The Hall–Kier alpha value is -0.830. The van der Waals surface area contributed by atoms with Gasteiger partial charge in [0.2, 0.25) is 0 Å². The third-order valence-corrected chi connectivity index (χ3v) is 4.14. The molecule has 0 radical (unpaired) electrons. The molecule has 2 aromatic rings. The van der Waals surface area contributed by atoms with Crippen LogP contribution in [0.4, 0.5) is 0 Å².